The maximum Gasteiger partial charge on any atom is 0.100 e. The molecule has 10 heavy (non-hydrogen) atoms. The molecule has 0 atom stereocenters. The Balaban J connectivity index is 2.13. The summed E-state index contributed by atoms with van der Waals surface area (Å²) in [4.78, 5) is 0. The van der Waals surface area contributed by atoms with Gasteiger partial charge >= 0.3 is 0 Å². The van der Waals surface area contributed by atoms with Gasteiger partial charge < -0.3 is 5.32 Å². The molecule has 1 aliphatic rings. The predicted molar refractivity (Wildman–Crippen MR) is 40.8 cm³/mol. The highest BCUT2D eigenvalue weighted by Gasteiger charge is 2.18. The fourth-order valence-corrected chi connectivity index (χ4v) is 1.55. The highest BCUT2D eigenvalue weighted by molar-refractivity contribution is 4.75. The molecule has 0 spiro atoms. The van der Waals surface area contributed by atoms with Gasteiger partial charge in [-0.1, -0.05) is 6.92 Å². The molecule has 2 heteroatoms. The minimum Gasteiger partial charge on any atom is -0.314 e. The summed E-state index contributed by atoms with van der Waals surface area (Å²) >= 11 is 0. The lowest BCUT2D eigenvalue weighted by molar-refractivity contribution is 0.221. The van der Waals surface area contributed by atoms with Gasteiger partial charge in [0.2, 0.25) is 0 Å². The number of halogens is 1. The average Bonchev–Trinajstić information content (AvgIpc) is 1.95. The van der Waals surface area contributed by atoms with Crippen LogP contribution >= 0.6 is 0 Å². The van der Waals surface area contributed by atoms with Crippen LogP contribution in [0.15, 0.2) is 0 Å². The minimum absolute atomic E-state index is 0.519. The van der Waals surface area contributed by atoms with Crippen molar-refractivity contribution in [3.05, 3.63) is 0 Å². The zero-order chi connectivity index (χ0) is 7.40. The highest BCUT2D eigenvalue weighted by Crippen LogP contribution is 2.20. The van der Waals surface area contributed by atoms with Crippen molar-refractivity contribution >= 4 is 0 Å². The van der Waals surface area contributed by atoms with Gasteiger partial charge in [0.25, 0.3) is 0 Å². The Morgan fingerprint density at radius 3 is 2.40 bits per heavy atom. The third kappa shape index (κ3) is 2.25. The summed E-state index contributed by atoms with van der Waals surface area (Å²) in [6, 6.07) is 0.594. The Bertz CT molecular complexity index is 87.3. The lowest BCUT2D eigenvalue weighted by Gasteiger charge is -2.24. The van der Waals surface area contributed by atoms with Crippen LogP contribution in [0.3, 0.4) is 0 Å². The van der Waals surface area contributed by atoms with Gasteiger partial charge in [0.1, 0.15) is 6.17 Å². The molecule has 1 saturated carbocycles. The smallest absolute Gasteiger partial charge is 0.100 e. The van der Waals surface area contributed by atoms with Crippen molar-refractivity contribution in [3.63, 3.8) is 0 Å². The Labute approximate surface area is 62.0 Å². The van der Waals surface area contributed by atoms with E-state index in [4.69, 9.17) is 0 Å². The molecule has 1 rings (SSSR count). The maximum atomic E-state index is 12.6. The van der Waals surface area contributed by atoms with E-state index < -0.39 is 6.17 Å². The van der Waals surface area contributed by atoms with E-state index in [0.717, 1.165) is 32.2 Å². The van der Waals surface area contributed by atoms with E-state index in [2.05, 4.69) is 12.2 Å². The third-order valence-corrected chi connectivity index (χ3v) is 2.15. The van der Waals surface area contributed by atoms with Crippen LogP contribution in [0.5, 0.6) is 0 Å². The highest BCUT2D eigenvalue weighted by atomic mass is 19.1. The van der Waals surface area contributed by atoms with Crippen LogP contribution in [0.25, 0.3) is 0 Å². The van der Waals surface area contributed by atoms with Gasteiger partial charge in [0, 0.05) is 6.04 Å². The summed E-state index contributed by atoms with van der Waals surface area (Å²) in [5.41, 5.74) is 0. The van der Waals surface area contributed by atoms with Crippen molar-refractivity contribution in [3.8, 4) is 0 Å². The van der Waals surface area contributed by atoms with Crippen molar-refractivity contribution in [1.29, 1.82) is 0 Å². The summed E-state index contributed by atoms with van der Waals surface area (Å²) in [5.74, 6) is 0. The van der Waals surface area contributed by atoms with Gasteiger partial charge in [0.05, 0.1) is 0 Å². The molecule has 1 N–H and O–H groups in total. The van der Waals surface area contributed by atoms with Crippen LogP contribution in [0, 0.1) is 0 Å². The molecule has 0 aromatic carbocycles. The first-order valence-electron chi connectivity index (χ1n) is 4.20. The number of hydrogen-bond donors (Lipinski definition) is 1. The Morgan fingerprint density at radius 2 is 1.90 bits per heavy atom. The second-order valence-electron chi connectivity index (χ2n) is 3.01. The summed E-state index contributed by atoms with van der Waals surface area (Å²) in [7, 11) is 0. The second-order valence-corrected chi connectivity index (χ2v) is 3.01. The Morgan fingerprint density at radius 1 is 1.30 bits per heavy atom. The molecule has 1 nitrogen and oxygen atoms in total. The summed E-state index contributed by atoms with van der Waals surface area (Å²) in [5, 5.41) is 3.34. The van der Waals surface area contributed by atoms with Crippen LogP contribution in [-0.2, 0) is 0 Å². The first-order chi connectivity index (χ1) is 4.83. The first-order valence-corrected chi connectivity index (χ1v) is 4.20. The first kappa shape index (κ1) is 7.99. The van der Waals surface area contributed by atoms with Crippen molar-refractivity contribution in [2.75, 3.05) is 6.54 Å². The lowest BCUT2D eigenvalue weighted by Crippen LogP contribution is -2.33. The number of rotatable bonds is 2. The fourth-order valence-electron chi connectivity index (χ4n) is 1.55. The molecule has 0 radical (unpaired) electrons. The van der Waals surface area contributed by atoms with Gasteiger partial charge in [-0.05, 0) is 32.2 Å². The average molecular weight is 145 g/mol. The van der Waals surface area contributed by atoms with Crippen LogP contribution < -0.4 is 5.32 Å². The largest absolute Gasteiger partial charge is 0.314 e. The number of nitrogens with one attached hydrogen (secondary N) is 1. The van der Waals surface area contributed by atoms with Crippen LogP contribution in [0.4, 0.5) is 4.39 Å². The van der Waals surface area contributed by atoms with Gasteiger partial charge in [0.15, 0.2) is 0 Å². The quantitative estimate of drug-likeness (QED) is 0.625. The zero-order valence-electron chi connectivity index (χ0n) is 6.57. The van der Waals surface area contributed by atoms with E-state index in [1.54, 1.807) is 0 Å². The van der Waals surface area contributed by atoms with Crippen LogP contribution in [0.1, 0.15) is 32.6 Å². The maximum absolute atomic E-state index is 12.6. The second kappa shape index (κ2) is 3.91. The van der Waals surface area contributed by atoms with Crippen LogP contribution in [0.2, 0.25) is 0 Å². The number of hydrogen-bond acceptors (Lipinski definition) is 1. The molecule has 0 heterocycles. The lowest BCUT2D eigenvalue weighted by atomic mass is 9.94. The van der Waals surface area contributed by atoms with E-state index >= 15 is 0 Å². The summed E-state index contributed by atoms with van der Waals surface area (Å²) in [6.45, 7) is 3.11. The molecule has 0 aromatic heterocycles. The zero-order valence-corrected chi connectivity index (χ0v) is 6.57. The molecule has 1 aliphatic carbocycles. The van der Waals surface area contributed by atoms with E-state index in [9.17, 15) is 4.39 Å². The Hall–Kier alpha value is -0.110. The minimum atomic E-state index is -0.519. The van der Waals surface area contributed by atoms with Crippen molar-refractivity contribution in [2.24, 2.45) is 0 Å². The van der Waals surface area contributed by atoms with E-state index in [-0.39, 0.29) is 0 Å². The number of alkyl halides is 1. The molecule has 0 aromatic rings. The predicted octanol–water partition coefficient (Wildman–Crippen LogP) is 1.88. The van der Waals surface area contributed by atoms with E-state index in [1.165, 1.54) is 0 Å². The van der Waals surface area contributed by atoms with E-state index in [0.29, 0.717) is 6.04 Å². The molecule has 0 unspecified atom stereocenters. The fraction of sp³-hybridized carbons (Fsp3) is 1.00. The van der Waals surface area contributed by atoms with Crippen molar-refractivity contribution in [1.82, 2.24) is 5.32 Å². The standard InChI is InChI=1S/C8H16FN/c1-2-10-8-5-3-7(9)4-6-8/h7-8,10H,2-6H2,1H3. The monoisotopic (exact) mass is 145 g/mol. The topological polar surface area (TPSA) is 12.0 Å². The van der Waals surface area contributed by atoms with Gasteiger partial charge in [-0.2, -0.15) is 0 Å². The van der Waals surface area contributed by atoms with Gasteiger partial charge in [-0.3, -0.25) is 0 Å². The summed E-state index contributed by atoms with van der Waals surface area (Å²) in [6.07, 6.45) is 3.05. The summed E-state index contributed by atoms with van der Waals surface area (Å²) < 4.78 is 12.6. The Kier molecular flexibility index (Phi) is 3.13. The van der Waals surface area contributed by atoms with E-state index in [1.807, 2.05) is 0 Å². The van der Waals surface area contributed by atoms with Crippen molar-refractivity contribution in [2.45, 2.75) is 44.8 Å². The van der Waals surface area contributed by atoms with Gasteiger partial charge in [-0.25, -0.2) is 4.39 Å². The van der Waals surface area contributed by atoms with Crippen molar-refractivity contribution < 1.29 is 4.39 Å². The normalized spacial score (nSPS) is 34.2. The molecule has 1 fully saturated rings. The SMILES string of the molecule is CCNC1CCC(F)CC1. The molecule has 60 valence electrons. The molecular formula is C8H16FN. The molecule has 0 saturated heterocycles. The third-order valence-electron chi connectivity index (χ3n) is 2.15. The van der Waals surface area contributed by atoms with Crippen LogP contribution in [-0.4, -0.2) is 18.8 Å². The van der Waals surface area contributed by atoms with Gasteiger partial charge in [-0.15, -0.1) is 0 Å². The molecule has 0 aliphatic heterocycles. The molecule has 0 bridgehead atoms. The molecule has 0 amide bonds. The molecular weight excluding hydrogens is 129 g/mol.